The van der Waals surface area contributed by atoms with Gasteiger partial charge in [0.1, 0.15) is 0 Å². The number of amides is 1. The number of primary amides is 1. The van der Waals surface area contributed by atoms with Crippen molar-refractivity contribution in [2.45, 2.75) is 51.5 Å². The maximum absolute atomic E-state index is 12.9. The zero-order chi connectivity index (χ0) is 25.9. The molecule has 2 aromatic carbocycles. The lowest BCUT2D eigenvalue weighted by Crippen LogP contribution is -2.40. The minimum absolute atomic E-state index is 0.166. The first-order valence-corrected chi connectivity index (χ1v) is 14.4. The number of aromatic amines is 1. The largest absolute Gasteiger partial charge is 0.369 e. The molecule has 3 N–H and O–H groups in total. The monoisotopic (exact) mass is 510 g/mol. The van der Waals surface area contributed by atoms with Gasteiger partial charge in [-0.15, -0.1) is 0 Å². The first-order chi connectivity index (χ1) is 17.2. The normalized spacial score (nSPS) is 15.8. The van der Waals surface area contributed by atoms with Gasteiger partial charge in [0.25, 0.3) is 0 Å². The number of carbonyl (C=O) groups is 1. The summed E-state index contributed by atoms with van der Waals surface area (Å²) in [5.41, 5.74) is 10.7. The minimum atomic E-state index is -3.25. The quantitative estimate of drug-likeness (QED) is 0.429. The van der Waals surface area contributed by atoms with E-state index in [2.05, 4.69) is 41.9 Å². The third-order valence-corrected chi connectivity index (χ3v) is 9.41. The Hall–Kier alpha value is -2.68. The summed E-state index contributed by atoms with van der Waals surface area (Å²) in [4.78, 5) is 17.3. The molecule has 8 heteroatoms. The van der Waals surface area contributed by atoms with Gasteiger partial charge in [0.15, 0.2) is 0 Å². The Balaban J connectivity index is 1.52. The number of fused-ring (bicyclic) bond motifs is 1. The van der Waals surface area contributed by atoms with Crippen LogP contribution in [0.2, 0.25) is 0 Å². The lowest BCUT2D eigenvalue weighted by atomic mass is 9.88. The van der Waals surface area contributed by atoms with Gasteiger partial charge in [-0.1, -0.05) is 30.3 Å². The number of hydrogen-bond donors (Lipinski definition) is 2. The number of aromatic nitrogens is 1. The maximum atomic E-state index is 12.9. The molecule has 0 radical (unpaired) electrons. The van der Waals surface area contributed by atoms with Crippen LogP contribution in [0, 0.1) is 0 Å². The zero-order valence-corrected chi connectivity index (χ0v) is 22.4. The third-order valence-electron chi connectivity index (χ3n) is 7.46. The molecule has 1 saturated heterocycles. The molecular weight excluding hydrogens is 472 g/mol. The molecular formula is C28H38N4O3S. The van der Waals surface area contributed by atoms with E-state index in [-0.39, 0.29) is 24.0 Å². The predicted octanol–water partition coefficient (Wildman–Crippen LogP) is 4.10. The zero-order valence-electron chi connectivity index (χ0n) is 21.5. The fourth-order valence-corrected chi connectivity index (χ4v) is 6.64. The van der Waals surface area contributed by atoms with E-state index >= 15 is 0 Å². The standard InChI is InChI=1S/C28H38N4O3S/c1-20(2)31(3)12-7-15-36(34,35)32-13-10-22(11-14-32)26-19-30-28-24(18-27(29)33)16-23(17-25(26)28)21-8-5-4-6-9-21/h4-6,8-9,16-17,19-20,22,30H,7,10-15,18H2,1-3H3,(H2,29,33). The van der Waals surface area contributed by atoms with Gasteiger partial charge in [-0.2, -0.15) is 0 Å². The average Bonchev–Trinajstić information content (AvgIpc) is 3.28. The van der Waals surface area contributed by atoms with Gasteiger partial charge in [0.05, 0.1) is 12.2 Å². The molecule has 0 bridgehead atoms. The number of rotatable bonds is 10. The van der Waals surface area contributed by atoms with E-state index in [4.69, 9.17) is 5.73 Å². The van der Waals surface area contributed by atoms with Crippen LogP contribution in [0.5, 0.6) is 0 Å². The molecule has 1 aliphatic heterocycles. The first-order valence-electron chi connectivity index (χ1n) is 12.8. The van der Waals surface area contributed by atoms with E-state index in [0.29, 0.717) is 25.6 Å². The second kappa shape index (κ2) is 11.2. The molecule has 1 amide bonds. The van der Waals surface area contributed by atoms with Gasteiger partial charge in [0, 0.05) is 36.2 Å². The Morgan fingerprint density at radius 3 is 2.47 bits per heavy atom. The molecule has 194 valence electrons. The van der Waals surface area contributed by atoms with E-state index in [9.17, 15) is 13.2 Å². The van der Waals surface area contributed by atoms with E-state index in [1.54, 1.807) is 4.31 Å². The number of nitrogens with one attached hydrogen (secondary N) is 1. The number of benzene rings is 2. The van der Waals surface area contributed by atoms with Crippen LogP contribution in [0.1, 0.15) is 50.2 Å². The molecule has 36 heavy (non-hydrogen) atoms. The number of hydrogen-bond acceptors (Lipinski definition) is 4. The molecule has 7 nitrogen and oxygen atoms in total. The average molecular weight is 511 g/mol. The number of nitrogens with zero attached hydrogens (tertiary/aromatic N) is 2. The molecule has 0 spiro atoms. The molecule has 1 aliphatic rings. The Morgan fingerprint density at radius 2 is 1.83 bits per heavy atom. The number of sulfonamides is 1. The van der Waals surface area contributed by atoms with Crippen molar-refractivity contribution in [3.8, 4) is 11.1 Å². The second-order valence-corrected chi connectivity index (χ2v) is 12.3. The van der Waals surface area contributed by atoms with Gasteiger partial charge in [-0.3, -0.25) is 4.79 Å². The van der Waals surface area contributed by atoms with Crippen LogP contribution in [0.25, 0.3) is 22.0 Å². The van der Waals surface area contributed by atoms with Gasteiger partial charge < -0.3 is 15.6 Å². The van der Waals surface area contributed by atoms with E-state index in [1.165, 1.54) is 5.56 Å². The van der Waals surface area contributed by atoms with Crippen molar-refractivity contribution in [2.24, 2.45) is 5.73 Å². The highest BCUT2D eigenvalue weighted by molar-refractivity contribution is 7.89. The fourth-order valence-electron chi connectivity index (χ4n) is 5.12. The smallest absolute Gasteiger partial charge is 0.221 e. The Bertz CT molecular complexity index is 1290. The van der Waals surface area contributed by atoms with Crippen LogP contribution in [-0.4, -0.2) is 67.0 Å². The molecule has 4 rings (SSSR count). The summed E-state index contributed by atoms with van der Waals surface area (Å²) >= 11 is 0. The van der Waals surface area contributed by atoms with Crippen molar-refractivity contribution in [2.75, 3.05) is 32.4 Å². The van der Waals surface area contributed by atoms with Crippen LogP contribution in [0.3, 0.4) is 0 Å². The van der Waals surface area contributed by atoms with Crippen LogP contribution in [0.15, 0.2) is 48.7 Å². The summed E-state index contributed by atoms with van der Waals surface area (Å²) in [5, 5.41) is 1.09. The van der Waals surface area contributed by atoms with Crippen molar-refractivity contribution in [3.05, 3.63) is 59.8 Å². The van der Waals surface area contributed by atoms with Crippen LogP contribution in [0.4, 0.5) is 0 Å². The molecule has 2 heterocycles. The molecule has 0 aliphatic carbocycles. The van der Waals surface area contributed by atoms with Gasteiger partial charge in [-0.25, -0.2) is 12.7 Å². The lowest BCUT2D eigenvalue weighted by molar-refractivity contribution is -0.117. The van der Waals surface area contributed by atoms with Gasteiger partial charge in [0.2, 0.25) is 15.9 Å². The molecule has 3 aromatic rings. The SMILES string of the molecule is CC(C)N(C)CCCS(=O)(=O)N1CCC(c2c[nH]c3c(CC(N)=O)cc(-c4ccccc4)cc23)CC1. The molecule has 1 fully saturated rings. The van der Waals surface area contributed by atoms with Crippen LogP contribution in [-0.2, 0) is 21.2 Å². The molecule has 0 unspecified atom stereocenters. The number of H-pyrrole nitrogens is 1. The Labute approximate surface area is 214 Å². The predicted molar refractivity (Wildman–Crippen MR) is 146 cm³/mol. The molecule has 0 atom stereocenters. The topological polar surface area (TPSA) is 99.5 Å². The van der Waals surface area contributed by atoms with Gasteiger partial charge in [-0.05, 0) is 87.0 Å². The minimum Gasteiger partial charge on any atom is -0.369 e. The van der Waals surface area contributed by atoms with Gasteiger partial charge >= 0.3 is 0 Å². The number of piperidine rings is 1. The summed E-state index contributed by atoms with van der Waals surface area (Å²) in [6.45, 7) is 6.08. The highest BCUT2D eigenvalue weighted by Gasteiger charge is 2.30. The van der Waals surface area contributed by atoms with Crippen molar-refractivity contribution in [1.29, 1.82) is 0 Å². The molecule has 1 aromatic heterocycles. The van der Waals surface area contributed by atoms with Crippen molar-refractivity contribution in [1.82, 2.24) is 14.2 Å². The number of carbonyl (C=O) groups excluding carboxylic acids is 1. The van der Waals surface area contributed by atoms with Crippen molar-refractivity contribution in [3.63, 3.8) is 0 Å². The third kappa shape index (κ3) is 5.99. The highest BCUT2D eigenvalue weighted by Crippen LogP contribution is 2.37. The maximum Gasteiger partial charge on any atom is 0.221 e. The summed E-state index contributed by atoms with van der Waals surface area (Å²) < 4.78 is 27.6. The molecule has 0 saturated carbocycles. The van der Waals surface area contributed by atoms with Crippen molar-refractivity contribution < 1.29 is 13.2 Å². The second-order valence-electron chi connectivity index (χ2n) is 10.2. The summed E-state index contributed by atoms with van der Waals surface area (Å²) in [6.07, 6.45) is 4.39. The summed E-state index contributed by atoms with van der Waals surface area (Å²) in [5.74, 6) is 0.0825. The Kier molecular flexibility index (Phi) is 8.17. The van der Waals surface area contributed by atoms with Crippen molar-refractivity contribution >= 4 is 26.8 Å². The van der Waals surface area contributed by atoms with Crippen LogP contribution >= 0.6 is 0 Å². The summed E-state index contributed by atoms with van der Waals surface area (Å²) in [7, 11) is -1.23. The van der Waals surface area contributed by atoms with E-state index < -0.39 is 10.0 Å². The number of nitrogens with two attached hydrogens (primary N) is 1. The van der Waals surface area contributed by atoms with Crippen LogP contribution < -0.4 is 5.73 Å². The van der Waals surface area contributed by atoms with E-state index in [1.807, 2.05) is 37.5 Å². The lowest BCUT2D eigenvalue weighted by Gasteiger charge is -2.31. The fraction of sp³-hybridized carbons (Fsp3) is 0.464. The highest BCUT2D eigenvalue weighted by atomic mass is 32.2. The van der Waals surface area contributed by atoms with E-state index in [0.717, 1.165) is 47.0 Å². The first kappa shape index (κ1) is 26.4. The summed E-state index contributed by atoms with van der Waals surface area (Å²) in [6, 6.07) is 14.7. The Morgan fingerprint density at radius 1 is 1.14 bits per heavy atom.